The molecule has 1 unspecified atom stereocenters. The molecule has 3 rings (SSSR count). The Labute approximate surface area is 182 Å². The van der Waals surface area contributed by atoms with Gasteiger partial charge < -0.3 is 15.0 Å². The van der Waals surface area contributed by atoms with Crippen LogP contribution in [-0.2, 0) is 11.3 Å². The second-order valence-corrected chi connectivity index (χ2v) is 6.48. The van der Waals surface area contributed by atoms with Crippen LogP contribution in [0.15, 0.2) is 47.5 Å². The van der Waals surface area contributed by atoms with Crippen LogP contribution < -0.4 is 5.32 Å². The number of nitrogens with one attached hydrogen (secondary N) is 1. The average molecular weight is 494 g/mol. The van der Waals surface area contributed by atoms with Crippen molar-refractivity contribution >= 4 is 29.9 Å². The Morgan fingerprint density at radius 1 is 1.36 bits per heavy atom. The molecule has 1 N–H and O–H groups in total. The Kier molecular flexibility index (Phi) is 8.20. The van der Waals surface area contributed by atoms with Gasteiger partial charge in [0.15, 0.2) is 5.96 Å². The highest BCUT2D eigenvalue weighted by atomic mass is 127. The zero-order valence-corrected chi connectivity index (χ0v) is 18.3. The van der Waals surface area contributed by atoms with Gasteiger partial charge in [-0.1, -0.05) is 24.3 Å². The fourth-order valence-electron chi connectivity index (χ4n) is 3.26. The highest BCUT2D eigenvalue weighted by Gasteiger charge is 2.25. The van der Waals surface area contributed by atoms with Gasteiger partial charge in [0, 0.05) is 25.7 Å². The van der Waals surface area contributed by atoms with Gasteiger partial charge in [-0.3, -0.25) is 4.99 Å². The number of guanidine groups is 1. The van der Waals surface area contributed by atoms with Crippen LogP contribution in [0.3, 0.4) is 0 Å². The standard InChI is InChI=1S/C21H23FN4O.HI/c1-15-5-3-4-6-18(15)20-14-26(9-10-27-20)21(24-2)25-13-17-11-16(12-23)7-8-19(17)22;/h3-8,11,20H,9-10,13-14H2,1-2H3,(H,24,25);1H. The van der Waals surface area contributed by atoms with Crippen molar-refractivity contribution in [1.82, 2.24) is 10.2 Å². The molecule has 1 saturated heterocycles. The molecule has 0 radical (unpaired) electrons. The number of rotatable bonds is 3. The fraction of sp³-hybridized carbons (Fsp3) is 0.333. The topological polar surface area (TPSA) is 60.7 Å². The van der Waals surface area contributed by atoms with Crippen molar-refractivity contribution in [2.75, 3.05) is 26.7 Å². The molecule has 1 aliphatic rings. The first-order valence-corrected chi connectivity index (χ1v) is 8.93. The van der Waals surface area contributed by atoms with Gasteiger partial charge in [-0.2, -0.15) is 5.26 Å². The van der Waals surface area contributed by atoms with E-state index in [2.05, 4.69) is 34.3 Å². The van der Waals surface area contributed by atoms with Gasteiger partial charge in [-0.15, -0.1) is 24.0 Å². The van der Waals surface area contributed by atoms with E-state index in [1.165, 1.54) is 23.3 Å². The first-order chi connectivity index (χ1) is 13.1. The van der Waals surface area contributed by atoms with Crippen LogP contribution in [-0.4, -0.2) is 37.6 Å². The summed E-state index contributed by atoms with van der Waals surface area (Å²) in [4.78, 5) is 6.46. The minimum Gasteiger partial charge on any atom is -0.370 e. The van der Waals surface area contributed by atoms with Crippen molar-refractivity contribution in [3.05, 3.63) is 70.5 Å². The third-order valence-corrected chi connectivity index (χ3v) is 4.72. The second kappa shape index (κ2) is 10.4. The molecule has 28 heavy (non-hydrogen) atoms. The predicted octanol–water partition coefficient (Wildman–Crippen LogP) is 3.77. The molecule has 0 spiro atoms. The molecule has 0 amide bonds. The number of benzene rings is 2. The Morgan fingerprint density at radius 2 is 2.14 bits per heavy atom. The molecule has 0 saturated carbocycles. The SMILES string of the molecule is CN=C(NCc1cc(C#N)ccc1F)N1CCOC(c2ccccc2C)C1.I. The lowest BCUT2D eigenvalue weighted by atomic mass is 10.0. The highest BCUT2D eigenvalue weighted by molar-refractivity contribution is 14.0. The monoisotopic (exact) mass is 494 g/mol. The van der Waals surface area contributed by atoms with Crippen LogP contribution in [0.4, 0.5) is 4.39 Å². The van der Waals surface area contributed by atoms with E-state index in [4.69, 9.17) is 10.00 Å². The predicted molar refractivity (Wildman–Crippen MR) is 118 cm³/mol. The number of ether oxygens (including phenoxy) is 1. The maximum atomic E-state index is 14.0. The highest BCUT2D eigenvalue weighted by Crippen LogP contribution is 2.25. The van der Waals surface area contributed by atoms with Gasteiger partial charge in [0.05, 0.1) is 24.8 Å². The number of halogens is 2. The van der Waals surface area contributed by atoms with Crippen molar-refractivity contribution in [3.63, 3.8) is 0 Å². The summed E-state index contributed by atoms with van der Waals surface area (Å²) in [6.45, 7) is 4.32. The zero-order valence-electron chi connectivity index (χ0n) is 16.0. The summed E-state index contributed by atoms with van der Waals surface area (Å²) in [6, 6.07) is 14.6. The number of aliphatic imine (C=N–C) groups is 1. The molecule has 1 fully saturated rings. The van der Waals surface area contributed by atoms with E-state index in [0.29, 0.717) is 36.8 Å². The van der Waals surface area contributed by atoms with Crippen molar-refractivity contribution in [2.24, 2.45) is 4.99 Å². The lowest BCUT2D eigenvalue weighted by Crippen LogP contribution is -2.48. The van der Waals surface area contributed by atoms with Gasteiger partial charge in [-0.05, 0) is 36.2 Å². The molecule has 0 aromatic heterocycles. The van der Waals surface area contributed by atoms with Crippen molar-refractivity contribution in [3.8, 4) is 6.07 Å². The van der Waals surface area contributed by atoms with E-state index < -0.39 is 0 Å². The first kappa shape index (κ1) is 22.1. The van der Waals surface area contributed by atoms with Gasteiger partial charge in [-0.25, -0.2) is 4.39 Å². The number of morpholine rings is 1. The van der Waals surface area contributed by atoms with E-state index in [9.17, 15) is 4.39 Å². The molecule has 7 heteroatoms. The number of aryl methyl sites for hydroxylation is 1. The average Bonchev–Trinajstić information content (AvgIpc) is 2.70. The maximum absolute atomic E-state index is 14.0. The first-order valence-electron chi connectivity index (χ1n) is 8.93. The molecule has 2 aromatic rings. The van der Waals surface area contributed by atoms with Crippen molar-refractivity contribution in [2.45, 2.75) is 19.6 Å². The van der Waals surface area contributed by atoms with Gasteiger partial charge in [0.25, 0.3) is 0 Å². The van der Waals surface area contributed by atoms with E-state index in [1.807, 2.05) is 18.2 Å². The van der Waals surface area contributed by atoms with E-state index in [0.717, 1.165) is 0 Å². The van der Waals surface area contributed by atoms with E-state index >= 15 is 0 Å². The van der Waals surface area contributed by atoms with E-state index in [1.54, 1.807) is 13.1 Å². The summed E-state index contributed by atoms with van der Waals surface area (Å²) in [5, 5.41) is 12.2. The van der Waals surface area contributed by atoms with Crippen LogP contribution in [0.2, 0.25) is 0 Å². The maximum Gasteiger partial charge on any atom is 0.194 e. The molecule has 2 aromatic carbocycles. The Balaban J connectivity index is 0.00000280. The molecule has 0 aliphatic carbocycles. The number of hydrogen-bond acceptors (Lipinski definition) is 3. The molecule has 148 valence electrons. The van der Waals surface area contributed by atoms with Gasteiger partial charge in [0.2, 0.25) is 0 Å². The van der Waals surface area contributed by atoms with E-state index in [-0.39, 0.29) is 42.4 Å². The summed E-state index contributed by atoms with van der Waals surface area (Å²) >= 11 is 0. The lowest BCUT2D eigenvalue weighted by molar-refractivity contribution is -0.00834. The number of nitrogens with zero attached hydrogens (tertiary/aromatic N) is 3. The molecule has 1 atom stereocenters. The van der Waals surface area contributed by atoms with Crippen LogP contribution >= 0.6 is 24.0 Å². The van der Waals surface area contributed by atoms with Gasteiger partial charge in [0.1, 0.15) is 11.9 Å². The third-order valence-electron chi connectivity index (χ3n) is 4.72. The Bertz CT molecular complexity index is 881. The molecule has 1 heterocycles. The van der Waals surface area contributed by atoms with Crippen LogP contribution in [0.5, 0.6) is 0 Å². The number of hydrogen-bond donors (Lipinski definition) is 1. The smallest absolute Gasteiger partial charge is 0.194 e. The largest absolute Gasteiger partial charge is 0.370 e. The summed E-state index contributed by atoms with van der Waals surface area (Å²) in [7, 11) is 1.71. The molecular weight excluding hydrogens is 470 g/mol. The molecular formula is C21H24FIN4O. The second-order valence-electron chi connectivity index (χ2n) is 6.48. The lowest BCUT2D eigenvalue weighted by Gasteiger charge is -2.35. The van der Waals surface area contributed by atoms with Crippen LogP contribution in [0.25, 0.3) is 0 Å². The minimum atomic E-state index is -0.336. The van der Waals surface area contributed by atoms with Crippen LogP contribution in [0.1, 0.15) is 28.4 Å². The summed E-state index contributed by atoms with van der Waals surface area (Å²) in [5.41, 5.74) is 3.25. The third kappa shape index (κ3) is 5.20. The Hall–Kier alpha value is -2.18. The molecule has 0 bridgehead atoms. The quantitative estimate of drug-likeness (QED) is 0.401. The zero-order chi connectivity index (χ0) is 19.2. The molecule has 1 aliphatic heterocycles. The normalized spacial score (nSPS) is 16.9. The van der Waals surface area contributed by atoms with Crippen LogP contribution in [0, 0.1) is 24.1 Å². The summed E-state index contributed by atoms with van der Waals surface area (Å²) in [6.07, 6.45) is -0.0304. The van der Waals surface area contributed by atoms with Crippen molar-refractivity contribution < 1.29 is 9.13 Å². The fourth-order valence-corrected chi connectivity index (χ4v) is 3.26. The number of nitriles is 1. The summed E-state index contributed by atoms with van der Waals surface area (Å²) in [5.74, 6) is 0.357. The summed E-state index contributed by atoms with van der Waals surface area (Å²) < 4.78 is 20.0. The Morgan fingerprint density at radius 3 is 2.86 bits per heavy atom. The van der Waals surface area contributed by atoms with Gasteiger partial charge >= 0.3 is 0 Å². The van der Waals surface area contributed by atoms with Crippen molar-refractivity contribution in [1.29, 1.82) is 5.26 Å². The molecule has 5 nitrogen and oxygen atoms in total. The minimum absolute atomic E-state index is 0.